The Bertz CT molecular complexity index is 1810. The van der Waals surface area contributed by atoms with E-state index in [0.717, 1.165) is 9.13 Å². The van der Waals surface area contributed by atoms with Crippen molar-refractivity contribution in [2.75, 3.05) is 7.11 Å². The van der Waals surface area contributed by atoms with E-state index < -0.39 is 53.0 Å². The first kappa shape index (κ1) is 32.1. The maximum Gasteiger partial charge on any atom is 0.408 e. The summed E-state index contributed by atoms with van der Waals surface area (Å²) in [6.07, 6.45) is -0.910. The molecule has 0 saturated carbocycles. The summed E-state index contributed by atoms with van der Waals surface area (Å²) in [5.74, 6) is -2.24. The first-order valence-electron chi connectivity index (χ1n) is 13.9. The Balaban J connectivity index is 1.98. The summed E-state index contributed by atoms with van der Waals surface area (Å²) in [6.45, 7) is 7.24. The van der Waals surface area contributed by atoms with Crippen LogP contribution in [0.15, 0.2) is 70.3 Å². The number of carbonyl (C=O) groups is 1. The van der Waals surface area contributed by atoms with Crippen molar-refractivity contribution in [2.45, 2.75) is 59.4 Å². The van der Waals surface area contributed by atoms with Crippen LogP contribution in [-0.4, -0.2) is 27.9 Å². The lowest BCUT2D eigenvalue weighted by Gasteiger charge is -2.25. The van der Waals surface area contributed by atoms with Gasteiger partial charge in [0.05, 0.1) is 31.8 Å². The van der Waals surface area contributed by atoms with Crippen LogP contribution in [0.3, 0.4) is 0 Å². The molecule has 0 spiro atoms. The van der Waals surface area contributed by atoms with E-state index in [-0.39, 0.29) is 40.2 Å². The molecule has 4 rings (SSSR count). The van der Waals surface area contributed by atoms with Crippen LogP contribution in [0.2, 0.25) is 0 Å². The van der Waals surface area contributed by atoms with Gasteiger partial charge in [-0.1, -0.05) is 42.5 Å². The molecule has 0 unspecified atom stereocenters. The molecule has 11 heteroatoms. The third kappa shape index (κ3) is 6.72. The first-order chi connectivity index (χ1) is 20.7. The maximum atomic E-state index is 15.6. The second kappa shape index (κ2) is 12.8. The third-order valence-electron chi connectivity index (χ3n) is 7.15. The van der Waals surface area contributed by atoms with Crippen LogP contribution >= 0.6 is 0 Å². The number of amides is 1. The fourth-order valence-electron chi connectivity index (χ4n) is 4.96. The summed E-state index contributed by atoms with van der Waals surface area (Å²) in [4.78, 5) is 41.0. The molecule has 3 aromatic carbocycles. The van der Waals surface area contributed by atoms with Gasteiger partial charge < -0.3 is 14.8 Å². The molecule has 1 atom stereocenters. The van der Waals surface area contributed by atoms with Gasteiger partial charge in [0.15, 0.2) is 11.6 Å². The number of alkyl carbamates (subject to hydrolysis) is 1. The molecule has 0 aliphatic heterocycles. The molecule has 1 aromatic heterocycles. The molecule has 1 N–H and O–H groups in total. The highest BCUT2D eigenvalue weighted by Crippen LogP contribution is 2.29. The zero-order valence-electron chi connectivity index (χ0n) is 25.3. The van der Waals surface area contributed by atoms with Crippen LogP contribution in [0.25, 0.3) is 11.1 Å². The van der Waals surface area contributed by atoms with Crippen LogP contribution in [0.4, 0.5) is 18.0 Å². The van der Waals surface area contributed by atoms with Crippen molar-refractivity contribution in [1.82, 2.24) is 14.5 Å². The van der Waals surface area contributed by atoms with Gasteiger partial charge in [0, 0.05) is 22.4 Å². The summed E-state index contributed by atoms with van der Waals surface area (Å²) in [7, 11) is 1.27. The highest BCUT2D eigenvalue weighted by Gasteiger charge is 2.27. The van der Waals surface area contributed by atoms with Crippen molar-refractivity contribution < 1.29 is 27.4 Å². The molecule has 0 fully saturated rings. The van der Waals surface area contributed by atoms with Crippen LogP contribution in [-0.2, 0) is 17.8 Å². The topological polar surface area (TPSA) is 91.6 Å². The van der Waals surface area contributed by atoms with Crippen molar-refractivity contribution in [3.63, 3.8) is 0 Å². The van der Waals surface area contributed by atoms with Gasteiger partial charge in [0.1, 0.15) is 17.2 Å². The van der Waals surface area contributed by atoms with Gasteiger partial charge in [-0.2, -0.15) is 0 Å². The number of nitrogens with zero attached hydrogens (tertiary/aromatic N) is 2. The lowest BCUT2D eigenvalue weighted by atomic mass is 10.0. The molecule has 1 heterocycles. The normalized spacial score (nSPS) is 12.1. The number of carbonyl (C=O) groups excluding carboxylic acids is 1. The SMILES string of the molecule is COc1cccc(-c2c(C)n(Cc3c(C)cccc3F)c(=O)n(C[C@H](NC(=O)OC(C)(C)C)c3ccccc3F)c2=O)c1F. The van der Waals surface area contributed by atoms with E-state index in [1.54, 1.807) is 33.8 Å². The largest absolute Gasteiger partial charge is 0.494 e. The van der Waals surface area contributed by atoms with Crippen molar-refractivity contribution >= 4 is 6.09 Å². The summed E-state index contributed by atoms with van der Waals surface area (Å²) < 4.78 is 58.0. The van der Waals surface area contributed by atoms with Crippen LogP contribution in [0, 0.1) is 31.3 Å². The van der Waals surface area contributed by atoms with Crippen molar-refractivity contribution in [2.24, 2.45) is 0 Å². The predicted octanol–water partition coefficient (Wildman–Crippen LogP) is 6.03. The second-order valence-electron chi connectivity index (χ2n) is 11.3. The smallest absolute Gasteiger partial charge is 0.408 e. The Kier molecular flexibility index (Phi) is 9.36. The van der Waals surface area contributed by atoms with E-state index in [1.165, 1.54) is 68.6 Å². The van der Waals surface area contributed by atoms with E-state index in [1.807, 2.05) is 0 Å². The number of hydrogen-bond acceptors (Lipinski definition) is 5. The number of rotatable bonds is 8. The van der Waals surface area contributed by atoms with E-state index >= 15 is 8.78 Å². The van der Waals surface area contributed by atoms with Crippen molar-refractivity contribution in [1.29, 1.82) is 0 Å². The number of nitrogens with one attached hydrogen (secondary N) is 1. The molecule has 232 valence electrons. The minimum absolute atomic E-state index is 0.0177. The third-order valence-corrected chi connectivity index (χ3v) is 7.15. The van der Waals surface area contributed by atoms with E-state index in [2.05, 4.69) is 5.32 Å². The standard InChI is InChI=1S/C33H34F3N3O5/c1-19-11-9-15-25(35)23(19)17-38-20(2)28(22-13-10-16-27(43-6)29(22)36)30(40)39(32(38)42)18-26(21-12-7-8-14-24(21)34)37-31(41)44-33(3,4)5/h7-16,26H,17-18H2,1-6H3,(H,37,41)/t26-/m0/s1. The maximum absolute atomic E-state index is 15.6. The summed E-state index contributed by atoms with van der Waals surface area (Å²) in [5.41, 5.74) is -2.18. The minimum Gasteiger partial charge on any atom is -0.494 e. The van der Waals surface area contributed by atoms with E-state index in [9.17, 15) is 18.8 Å². The highest BCUT2D eigenvalue weighted by atomic mass is 19.1. The summed E-state index contributed by atoms with van der Waals surface area (Å²) in [5, 5.41) is 2.56. The molecule has 4 aromatic rings. The predicted molar refractivity (Wildman–Crippen MR) is 160 cm³/mol. The molecule has 0 aliphatic carbocycles. The van der Waals surface area contributed by atoms with Gasteiger partial charge in [0.25, 0.3) is 5.56 Å². The summed E-state index contributed by atoms with van der Waals surface area (Å²) >= 11 is 0. The molecule has 1 amide bonds. The average Bonchev–Trinajstić information content (AvgIpc) is 2.94. The molecular weight excluding hydrogens is 575 g/mol. The monoisotopic (exact) mass is 609 g/mol. The molecular formula is C33H34F3N3O5. The van der Waals surface area contributed by atoms with E-state index in [0.29, 0.717) is 5.56 Å². The number of ether oxygens (including phenoxy) is 2. The number of methoxy groups -OCH3 is 1. The highest BCUT2D eigenvalue weighted by molar-refractivity contribution is 5.69. The lowest BCUT2D eigenvalue weighted by molar-refractivity contribution is 0.0497. The summed E-state index contributed by atoms with van der Waals surface area (Å²) in [6, 6.07) is 13.0. The fourth-order valence-corrected chi connectivity index (χ4v) is 4.96. The van der Waals surface area contributed by atoms with Crippen molar-refractivity contribution in [3.8, 4) is 16.9 Å². The quantitative estimate of drug-likeness (QED) is 0.263. The molecule has 0 bridgehead atoms. The van der Waals surface area contributed by atoms with Gasteiger partial charge in [0.2, 0.25) is 0 Å². The van der Waals surface area contributed by atoms with Crippen LogP contribution in [0.5, 0.6) is 5.75 Å². The fraction of sp³-hybridized carbons (Fsp3) is 0.303. The first-order valence-corrected chi connectivity index (χ1v) is 13.9. The van der Waals surface area contributed by atoms with Gasteiger partial charge in [-0.05, 0) is 58.4 Å². The number of halogens is 3. The van der Waals surface area contributed by atoms with Gasteiger partial charge >= 0.3 is 11.8 Å². The molecule has 0 aliphatic rings. The van der Waals surface area contributed by atoms with Gasteiger partial charge in [-0.15, -0.1) is 0 Å². The van der Waals surface area contributed by atoms with Gasteiger partial charge in [-0.25, -0.2) is 22.8 Å². The number of hydrogen-bond donors (Lipinski definition) is 1. The Morgan fingerprint density at radius 3 is 2.20 bits per heavy atom. The molecule has 44 heavy (non-hydrogen) atoms. The lowest BCUT2D eigenvalue weighted by Crippen LogP contribution is -2.46. The number of benzene rings is 3. The van der Waals surface area contributed by atoms with Crippen LogP contribution < -0.4 is 21.3 Å². The van der Waals surface area contributed by atoms with Crippen molar-refractivity contribution in [3.05, 3.63) is 121 Å². The van der Waals surface area contributed by atoms with Gasteiger partial charge in [-0.3, -0.25) is 13.9 Å². The van der Waals surface area contributed by atoms with E-state index in [4.69, 9.17) is 9.47 Å². The van der Waals surface area contributed by atoms with Crippen LogP contribution in [0.1, 0.15) is 49.2 Å². The molecule has 0 radical (unpaired) electrons. The Morgan fingerprint density at radius 1 is 0.909 bits per heavy atom. The minimum atomic E-state index is -1.26. The molecule has 8 nitrogen and oxygen atoms in total. The number of aryl methyl sites for hydroxylation is 1. The second-order valence-corrected chi connectivity index (χ2v) is 11.3. The Labute approximate surface area is 252 Å². The number of aromatic nitrogens is 2. The average molecular weight is 610 g/mol. The zero-order valence-corrected chi connectivity index (χ0v) is 25.3. The zero-order chi connectivity index (χ0) is 32.3. The Morgan fingerprint density at radius 2 is 1.57 bits per heavy atom. The Hall–Kier alpha value is -4.80. The molecule has 0 saturated heterocycles.